The molecular formula is C19H19ClN2O3. The van der Waals surface area contributed by atoms with Gasteiger partial charge in [0.2, 0.25) is 5.91 Å². The average molecular weight is 359 g/mol. The van der Waals surface area contributed by atoms with E-state index >= 15 is 0 Å². The molecule has 130 valence electrons. The fourth-order valence-corrected chi connectivity index (χ4v) is 2.27. The van der Waals surface area contributed by atoms with Gasteiger partial charge in [-0.25, -0.2) is 0 Å². The third-order valence-electron chi connectivity index (χ3n) is 3.83. The molecule has 2 amide bonds. The van der Waals surface area contributed by atoms with E-state index in [4.69, 9.17) is 11.6 Å². The number of aryl methyl sites for hydroxylation is 2. The van der Waals surface area contributed by atoms with E-state index in [-0.39, 0.29) is 18.6 Å². The van der Waals surface area contributed by atoms with Crippen LogP contribution in [0.25, 0.3) is 0 Å². The number of carbonyl (C=O) groups excluding carboxylic acids is 3. The zero-order valence-electron chi connectivity index (χ0n) is 14.1. The Morgan fingerprint density at radius 1 is 0.840 bits per heavy atom. The van der Waals surface area contributed by atoms with Crippen LogP contribution in [0.15, 0.2) is 42.5 Å². The van der Waals surface area contributed by atoms with Crippen LogP contribution in [0.1, 0.15) is 44.7 Å². The minimum atomic E-state index is -0.453. The Balaban J connectivity index is 1.80. The second-order valence-corrected chi connectivity index (χ2v) is 6.17. The highest BCUT2D eigenvalue weighted by atomic mass is 35.5. The van der Waals surface area contributed by atoms with Gasteiger partial charge in [0.15, 0.2) is 5.78 Å². The molecule has 2 rings (SSSR count). The average Bonchev–Trinajstić information content (AvgIpc) is 2.60. The Bertz CT molecular complexity index is 801. The van der Waals surface area contributed by atoms with Crippen molar-refractivity contribution in [3.63, 3.8) is 0 Å². The second-order valence-electron chi connectivity index (χ2n) is 5.73. The highest BCUT2D eigenvalue weighted by Gasteiger charge is 2.11. The molecule has 2 aromatic carbocycles. The van der Waals surface area contributed by atoms with Gasteiger partial charge in [0.1, 0.15) is 0 Å². The van der Waals surface area contributed by atoms with Crippen molar-refractivity contribution in [2.45, 2.75) is 26.7 Å². The van der Waals surface area contributed by atoms with E-state index in [0.717, 1.165) is 11.1 Å². The maximum atomic E-state index is 12.1. The van der Waals surface area contributed by atoms with E-state index in [1.807, 2.05) is 26.0 Å². The first-order chi connectivity index (χ1) is 11.9. The minimum absolute atomic E-state index is 0.00729. The minimum Gasteiger partial charge on any atom is -0.294 e. The molecule has 25 heavy (non-hydrogen) atoms. The van der Waals surface area contributed by atoms with E-state index in [1.165, 1.54) is 0 Å². The zero-order chi connectivity index (χ0) is 18.4. The van der Waals surface area contributed by atoms with E-state index in [0.29, 0.717) is 16.1 Å². The molecule has 0 radical (unpaired) electrons. The Morgan fingerprint density at radius 2 is 1.48 bits per heavy atom. The van der Waals surface area contributed by atoms with Gasteiger partial charge < -0.3 is 0 Å². The molecule has 0 aliphatic rings. The molecule has 2 aromatic rings. The van der Waals surface area contributed by atoms with Gasteiger partial charge in [0.25, 0.3) is 5.91 Å². The third-order valence-corrected chi connectivity index (χ3v) is 4.08. The largest absolute Gasteiger partial charge is 0.294 e. The third kappa shape index (κ3) is 5.43. The van der Waals surface area contributed by atoms with E-state index in [2.05, 4.69) is 10.9 Å². The van der Waals surface area contributed by atoms with Crippen molar-refractivity contribution in [2.24, 2.45) is 0 Å². The van der Waals surface area contributed by atoms with Gasteiger partial charge in [-0.1, -0.05) is 23.7 Å². The lowest BCUT2D eigenvalue weighted by Crippen LogP contribution is -2.41. The second kappa shape index (κ2) is 8.44. The molecule has 0 heterocycles. The van der Waals surface area contributed by atoms with Gasteiger partial charge >= 0.3 is 0 Å². The van der Waals surface area contributed by atoms with Crippen molar-refractivity contribution in [2.75, 3.05) is 0 Å². The van der Waals surface area contributed by atoms with Crippen LogP contribution in [0.3, 0.4) is 0 Å². The Labute approximate surface area is 151 Å². The number of hydrazine groups is 1. The van der Waals surface area contributed by atoms with Crippen molar-refractivity contribution in [3.05, 3.63) is 69.7 Å². The summed E-state index contributed by atoms with van der Waals surface area (Å²) in [4.78, 5) is 35.8. The maximum absolute atomic E-state index is 12.1. The molecule has 0 saturated heterocycles. The number of carbonyl (C=O) groups is 3. The van der Waals surface area contributed by atoms with E-state index < -0.39 is 11.8 Å². The van der Waals surface area contributed by atoms with Crippen LogP contribution in [0, 0.1) is 13.8 Å². The first kappa shape index (κ1) is 18.7. The standard InChI is InChI=1S/C19H19ClN2O3/c1-12-3-4-15(11-13(12)2)17(23)9-10-18(24)21-22-19(25)14-5-7-16(20)8-6-14/h3-8,11H,9-10H2,1-2H3,(H,21,24)(H,22,25). The van der Waals surface area contributed by atoms with Crippen molar-refractivity contribution in [1.29, 1.82) is 0 Å². The van der Waals surface area contributed by atoms with Crippen molar-refractivity contribution in [3.8, 4) is 0 Å². The molecule has 0 aliphatic heterocycles. The summed E-state index contributed by atoms with van der Waals surface area (Å²) >= 11 is 5.75. The Hall–Kier alpha value is -2.66. The molecule has 0 aromatic heterocycles. The summed E-state index contributed by atoms with van der Waals surface area (Å²) in [6, 6.07) is 11.7. The Morgan fingerprint density at radius 3 is 2.12 bits per heavy atom. The molecule has 0 fully saturated rings. The topological polar surface area (TPSA) is 75.3 Å². The summed E-state index contributed by atoms with van der Waals surface area (Å²) in [6.07, 6.45) is 0.0673. The van der Waals surface area contributed by atoms with Gasteiger partial charge in [0.05, 0.1) is 0 Å². The highest BCUT2D eigenvalue weighted by molar-refractivity contribution is 6.30. The van der Waals surface area contributed by atoms with Gasteiger partial charge in [-0.15, -0.1) is 0 Å². The van der Waals surface area contributed by atoms with Gasteiger partial charge in [0, 0.05) is 29.0 Å². The molecular weight excluding hydrogens is 340 g/mol. The normalized spacial score (nSPS) is 10.2. The summed E-state index contributed by atoms with van der Waals surface area (Å²) in [5.74, 6) is -0.993. The SMILES string of the molecule is Cc1ccc(C(=O)CCC(=O)NNC(=O)c2ccc(Cl)cc2)cc1C. The van der Waals surface area contributed by atoms with Gasteiger partial charge in [-0.3, -0.25) is 25.2 Å². The maximum Gasteiger partial charge on any atom is 0.269 e. The van der Waals surface area contributed by atoms with Crippen LogP contribution in [0.5, 0.6) is 0 Å². The fourth-order valence-electron chi connectivity index (χ4n) is 2.15. The number of hydrogen-bond donors (Lipinski definition) is 2. The van der Waals surface area contributed by atoms with Crippen LogP contribution >= 0.6 is 11.6 Å². The molecule has 0 aliphatic carbocycles. The lowest BCUT2D eigenvalue weighted by molar-refractivity contribution is -0.121. The van der Waals surface area contributed by atoms with Crippen molar-refractivity contribution >= 4 is 29.2 Å². The summed E-state index contributed by atoms with van der Waals surface area (Å²) in [5.41, 5.74) is 7.70. The zero-order valence-corrected chi connectivity index (χ0v) is 14.8. The Kier molecular flexibility index (Phi) is 6.31. The van der Waals surface area contributed by atoms with Crippen LogP contribution in [0.2, 0.25) is 5.02 Å². The number of ketones is 1. The first-order valence-corrected chi connectivity index (χ1v) is 8.20. The first-order valence-electron chi connectivity index (χ1n) is 7.82. The molecule has 0 atom stereocenters. The number of Topliss-reactive ketones (excluding diaryl/α,β-unsaturated/α-hetero) is 1. The monoisotopic (exact) mass is 358 g/mol. The van der Waals surface area contributed by atoms with Crippen LogP contribution in [-0.2, 0) is 4.79 Å². The van der Waals surface area contributed by atoms with Gasteiger partial charge in [-0.05, 0) is 55.3 Å². The number of hydrogen-bond acceptors (Lipinski definition) is 3. The summed E-state index contributed by atoms with van der Waals surface area (Å²) in [7, 11) is 0. The number of nitrogens with one attached hydrogen (secondary N) is 2. The van der Waals surface area contributed by atoms with Crippen LogP contribution in [0.4, 0.5) is 0 Å². The number of rotatable bonds is 5. The number of amides is 2. The molecule has 0 bridgehead atoms. The van der Waals surface area contributed by atoms with Crippen molar-refractivity contribution in [1.82, 2.24) is 10.9 Å². The van der Waals surface area contributed by atoms with E-state index in [1.54, 1.807) is 30.3 Å². The number of benzene rings is 2. The molecule has 0 saturated carbocycles. The lowest BCUT2D eigenvalue weighted by Gasteiger charge is -2.08. The highest BCUT2D eigenvalue weighted by Crippen LogP contribution is 2.12. The summed E-state index contributed by atoms with van der Waals surface area (Å²) in [6.45, 7) is 3.91. The van der Waals surface area contributed by atoms with Crippen LogP contribution < -0.4 is 10.9 Å². The smallest absolute Gasteiger partial charge is 0.269 e. The molecule has 2 N–H and O–H groups in total. The summed E-state index contributed by atoms with van der Waals surface area (Å²) < 4.78 is 0. The molecule has 0 spiro atoms. The van der Waals surface area contributed by atoms with Crippen molar-refractivity contribution < 1.29 is 14.4 Å². The fraction of sp³-hybridized carbons (Fsp3) is 0.211. The quantitative estimate of drug-likeness (QED) is 0.635. The summed E-state index contributed by atoms with van der Waals surface area (Å²) in [5, 5.41) is 0.519. The van der Waals surface area contributed by atoms with Gasteiger partial charge in [-0.2, -0.15) is 0 Å². The predicted molar refractivity (Wildman–Crippen MR) is 96.5 cm³/mol. The molecule has 6 heteroatoms. The predicted octanol–water partition coefficient (Wildman–Crippen LogP) is 3.38. The van der Waals surface area contributed by atoms with Crippen LogP contribution in [-0.4, -0.2) is 17.6 Å². The number of halogens is 1. The lowest BCUT2D eigenvalue weighted by atomic mass is 10.0. The molecule has 5 nitrogen and oxygen atoms in total. The molecule has 0 unspecified atom stereocenters. The van der Waals surface area contributed by atoms with E-state index in [9.17, 15) is 14.4 Å².